The van der Waals surface area contributed by atoms with Gasteiger partial charge in [-0.1, -0.05) is 15.9 Å². The van der Waals surface area contributed by atoms with Crippen molar-refractivity contribution in [2.45, 2.75) is 26.3 Å². The Labute approximate surface area is 103 Å². The summed E-state index contributed by atoms with van der Waals surface area (Å²) in [7, 11) is 1.87. The summed E-state index contributed by atoms with van der Waals surface area (Å²) in [4.78, 5) is 16.0. The third kappa shape index (κ3) is 3.31. The minimum absolute atomic E-state index is 0.176. The SMILES string of the molecule is Cc1ccc(C(C)N(C)C(=O)CCBr)s1. The molecule has 0 bridgehead atoms. The molecule has 0 aliphatic carbocycles. The van der Waals surface area contributed by atoms with Crippen molar-refractivity contribution in [1.29, 1.82) is 0 Å². The zero-order chi connectivity index (χ0) is 11.4. The molecule has 2 nitrogen and oxygen atoms in total. The predicted molar refractivity (Wildman–Crippen MR) is 68.7 cm³/mol. The molecular formula is C11H16BrNOS. The molecule has 1 aromatic rings. The third-order valence-electron chi connectivity index (χ3n) is 2.46. The van der Waals surface area contributed by atoms with Gasteiger partial charge in [-0.2, -0.15) is 0 Å². The van der Waals surface area contributed by atoms with Crippen LogP contribution in [0.4, 0.5) is 0 Å². The van der Waals surface area contributed by atoms with E-state index in [1.54, 1.807) is 11.3 Å². The Morgan fingerprint density at radius 2 is 2.27 bits per heavy atom. The Hall–Kier alpha value is -0.350. The second kappa shape index (κ2) is 5.66. The number of nitrogens with zero attached hydrogens (tertiary/aromatic N) is 1. The minimum Gasteiger partial charge on any atom is -0.338 e. The molecule has 1 rings (SSSR count). The molecule has 1 amide bonds. The second-order valence-corrected chi connectivity index (χ2v) is 5.68. The van der Waals surface area contributed by atoms with Crippen molar-refractivity contribution in [1.82, 2.24) is 4.90 Å². The summed E-state index contributed by atoms with van der Waals surface area (Å²) in [6, 6.07) is 4.37. The van der Waals surface area contributed by atoms with Crippen LogP contribution < -0.4 is 0 Å². The lowest BCUT2D eigenvalue weighted by atomic mass is 10.2. The molecule has 1 unspecified atom stereocenters. The van der Waals surface area contributed by atoms with E-state index < -0.39 is 0 Å². The maximum Gasteiger partial charge on any atom is 0.223 e. The first kappa shape index (κ1) is 12.7. The fourth-order valence-corrected chi connectivity index (χ4v) is 2.65. The van der Waals surface area contributed by atoms with Crippen molar-refractivity contribution < 1.29 is 4.79 Å². The lowest BCUT2D eigenvalue weighted by Crippen LogP contribution is -2.29. The first-order valence-corrected chi connectivity index (χ1v) is 6.88. The maximum absolute atomic E-state index is 11.7. The van der Waals surface area contributed by atoms with Crippen molar-refractivity contribution in [2.24, 2.45) is 0 Å². The second-order valence-electron chi connectivity index (χ2n) is 3.57. The average Bonchev–Trinajstić information content (AvgIpc) is 2.63. The first-order chi connectivity index (χ1) is 7.06. The van der Waals surface area contributed by atoms with Gasteiger partial charge in [0.1, 0.15) is 0 Å². The molecule has 1 aromatic heterocycles. The number of thiophene rings is 1. The van der Waals surface area contributed by atoms with Gasteiger partial charge in [0.15, 0.2) is 0 Å². The molecule has 15 heavy (non-hydrogen) atoms. The van der Waals surface area contributed by atoms with Crippen LogP contribution in [0.2, 0.25) is 0 Å². The topological polar surface area (TPSA) is 20.3 Å². The number of carbonyl (C=O) groups is 1. The van der Waals surface area contributed by atoms with Crippen molar-refractivity contribution in [3.05, 3.63) is 21.9 Å². The van der Waals surface area contributed by atoms with Gasteiger partial charge in [0.05, 0.1) is 6.04 Å². The van der Waals surface area contributed by atoms with E-state index in [1.807, 2.05) is 11.9 Å². The highest BCUT2D eigenvalue weighted by molar-refractivity contribution is 9.09. The lowest BCUT2D eigenvalue weighted by Gasteiger charge is -2.23. The van der Waals surface area contributed by atoms with Gasteiger partial charge in [-0.25, -0.2) is 0 Å². The van der Waals surface area contributed by atoms with E-state index in [1.165, 1.54) is 9.75 Å². The molecule has 0 aromatic carbocycles. The Morgan fingerprint density at radius 3 is 2.73 bits per heavy atom. The normalized spacial score (nSPS) is 12.5. The Balaban J connectivity index is 2.67. The summed E-state index contributed by atoms with van der Waals surface area (Å²) < 4.78 is 0. The molecule has 0 saturated carbocycles. The molecule has 0 aliphatic rings. The van der Waals surface area contributed by atoms with Crippen LogP contribution in [0, 0.1) is 6.92 Å². The lowest BCUT2D eigenvalue weighted by molar-refractivity contribution is -0.131. The maximum atomic E-state index is 11.7. The predicted octanol–water partition coefficient (Wildman–Crippen LogP) is 3.36. The van der Waals surface area contributed by atoms with Crippen molar-refractivity contribution in [3.63, 3.8) is 0 Å². The number of carbonyl (C=O) groups excluding carboxylic acids is 1. The summed E-state index contributed by atoms with van der Waals surface area (Å²) >= 11 is 5.04. The molecule has 0 saturated heterocycles. The van der Waals surface area contributed by atoms with Crippen molar-refractivity contribution >= 4 is 33.2 Å². The van der Waals surface area contributed by atoms with E-state index in [2.05, 4.69) is 41.9 Å². The zero-order valence-corrected chi connectivity index (χ0v) is 11.7. The van der Waals surface area contributed by atoms with Gasteiger partial charge in [0, 0.05) is 28.6 Å². The summed E-state index contributed by atoms with van der Waals surface area (Å²) in [5.74, 6) is 0.186. The van der Waals surface area contributed by atoms with Crippen LogP contribution in [0.5, 0.6) is 0 Å². The largest absolute Gasteiger partial charge is 0.338 e. The summed E-state index contributed by atoms with van der Waals surface area (Å²) in [6.07, 6.45) is 0.561. The van der Waals surface area contributed by atoms with Gasteiger partial charge in [0.2, 0.25) is 5.91 Å². The smallest absolute Gasteiger partial charge is 0.223 e. The number of hydrogen-bond acceptors (Lipinski definition) is 2. The Bertz CT molecular complexity index is 337. The van der Waals surface area contributed by atoms with Crippen LogP contribution in [0.3, 0.4) is 0 Å². The van der Waals surface area contributed by atoms with Gasteiger partial charge in [-0.05, 0) is 26.0 Å². The molecule has 0 N–H and O–H groups in total. The van der Waals surface area contributed by atoms with Gasteiger partial charge in [0.25, 0.3) is 0 Å². The summed E-state index contributed by atoms with van der Waals surface area (Å²) in [6.45, 7) is 4.15. The molecule has 0 spiro atoms. The van der Waals surface area contributed by atoms with Crippen LogP contribution in [0.15, 0.2) is 12.1 Å². The van der Waals surface area contributed by atoms with Gasteiger partial charge in [-0.15, -0.1) is 11.3 Å². The third-order valence-corrected chi connectivity index (χ3v) is 4.02. The minimum atomic E-state index is 0.176. The fourth-order valence-electron chi connectivity index (χ4n) is 1.34. The molecule has 4 heteroatoms. The van der Waals surface area contributed by atoms with Gasteiger partial charge in [-0.3, -0.25) is 4.79 Å². The molecular weight excluding hydrogens is 274 g/mol. The number of alkyl halides is 1. The van der Waals surface area contributed by atoms with Crippen LogP contribution in [0.25, 0.3) is 0 Å². The number of aryl methyl sites for hydroxylation is 1. The van der Waals surface area contributed by atoms with E-state index >= 15 is 0 Å². The number of rotatable bonds is 4. The fraction of sp³-hybridized carbons (Fsp3) is 0.545. The van der Waals surface area contributed by atoms with E-state index in [0.29, 0.717) is 6.42 Å². The number of halogens is 1. The molecule has 84 valence electrons. The molecule has 1 heterocycles. The van der Waals surface area contributed by atoms with Crippen LogP contribution in [-0.2, 0) is 4.79 Å². The quantitative estimate of drug-likeness (QED) is 0.779. The van der Waals surface area contributed by atoms with E-state index in [0.717, 1.165) is 5.33 Å². The van der Waals surface area contributed by atoms with E-state index in [-0.39, 0.29) is 11.9 Å². The van der Waals surface area contributed by atoms with E-state index in [4.69, 9.17) is 0 Å². The number of amides is 1. The van der Waals surface area contributed by atoms with Crippen LogP contribution >= 0.6 is 27.3 Å². The Kier molecular flexibility index (Phi) is 4.80. The summed E-state index contributed by atoms with van der Waals surface area (Å²) in [5, 5.41) is 0.729. The highest BCUT2D eigenvalue weighted by Gasteiger charge is 2.17. The highest BCUT2D eigenvalue weighted by atomic mass is 79.9. The van der Waals surface area contributed by atoms with Crippen LogP contribution in [-0.4, -0.2) is 23.2 Å². The van der Waals surface area contributed by atoms with Crippen molar-refractivity contribution in [3.8, 4) is 0 Å². The first-order valence-electron chi connectivity index (χ1n) is 4.94. The monoisotopic (exact) mass is 289 g/mol. The Morgan fingerprint density at radius 1 is 1.60 bits per heavy atom. The molecule has 1 atom stereocenters. The van der Waals surface area contributed by atoms with E-state index in [9.17, 15) is 4.79 Å². The van der Waals surface area contributed by atoms with Crippen molar-refractivity contribution in [2.75, 3.05) is 12.4 Å². The van der Waals surface area contributed by atoms with Gasteiger partial charge >= 0.3 is 0 Å². The molecule has 0 radical (unpaired) electrons. The molecule has 0 fully saturated rings. The molecule has 0 aliphatic heterocycles. The average molecular weight is 290 g/mol. The highest BCUT2D eigenvalue weighted by Crippen LogP contribution is 2.26. The zero-order valence-electron chi connectivity index (χ0n) is 9.29. The van der Waals surface area contributed by atoms with Gasteiger partial charge < -0.3 is 4.90 Å². The van der Waals surface area contributed by atoms with Crippen LogP contribution in [0.1, 0.15) is 29.1 Å². The summed E-state index contributed by atoms with van der Waals surface area (Å²) in [5.41, 5.74) is 0. The standard InChI is InChI=1S/C11H16BrNOS/c1-8-4-5-10(15-8)9(2)13(3)11(14)6-7-12/h4-5,9H,6-7H2,1-3H3. The number of hydrogen-bond donors (Lipinski definition) is 0.